The number of benzene rings is 5. The van der Waals surface area contributed by atoms with Gasteiger partial charge < -0.3 is 14.0 Å². The van der Waals surface area contributed by atoms with Crippen molar-refractivity contribution in [1.29, 1.82) is 0 Å². The SMILES string of the molecule is CC(C)c1cccc(C(C)C)c1-n1c(-c2[c-]ccc3c2oc2ccccc23)nc2ccccc21.[2H]C([2H])([2H])c1c[c-]c(-c2ccc([Si](C)(C)C)cn2)cc1.[Ir]. The van der Waals surface area contributed by atoms with Gasteiger partial charge in [-0.25, -0.2) is 0 Å². The first-order valence-corrected chi connectivity index (χ1v) is 21.1. The van der Waals surface area contributed by atoms with Gasteiger partial charge in [0.15, 0.2) is 0 Å². The second-order valence-corrected chi connectivity index (χ2v) is 19.8. The van der Waals surface area contributed by atoms with Crippen molar-refractivity contribution in [1.82, 2.24) is 14.5 Å². The van der Waals surface area contributed by atoms with Crippen LogP contribution < -0.4 is 5.19 Å². The number of rotatable bonds is 6. The molecule has 0 amide bonds. The summed E-state index contributed by atoms with van der Waals surface area (Å²) in [5.41, 5.74) is 10.4. The maximum atomic E-state index is 7.35. The minimum Gasteiger partial charge on any atom is -0.501 e. The molecule has 52 heavy (non-hydrogen) atoms. The second-order valence-electron chi connectivity index (χ2n) is 14.7. The third-order valence-corrected chi connectivity index (χ3v) is 11.4. The van der Waals surface area contributed by atoms with E-state index in [1.54, 1.807) is 12.1 Å². The van der Waals surface area contributed by atoms with Crippen LogP contribution in [0.2, 0.25) is 19.6 Å². The van der Waals surface area contributed by atoms with Crippen LogP contribution in [-0.2, 0) is 20.1 Å². The molecule has 5 aromatic carbocycles. The van der Waals surface area contributed by atoms with E-state index in [9.17, 15) is 0 Å². The zero-order valence-electron chi connectivity index (χ0n) is 33.7. The number of fused-ring (bicyclic) bond motifs is 4. The summed E-state index contributed by atoms with van der Waals surface area (Å²) in [6.07, 6.45) is 1.92. The predicted molar refractivity (Wildman–Crippen MR) is 217 cm³/mol. The molecule has 1 radical (unpaired) electrons. The molecular formula is C46H45IrN3OSi-2. The Morgan fingerprint density at radius 2 is 1.50 bits per heavy atom. The van der Waals surface area contributed by atoms with Crippen LogP contribution >= 0.6 is 0 Å². The van der Waals surface area contributed by atoms with E-state index >= 15 is 0 Å². The molecule has 0 saturated heterocycles. The fourth-order valence-electron chi connectivity index (χ4n) is 6.63. The molecule has 4 nitrogen and oxygen atoms in total. The molecule has 0 saturated carbocycles. The van der Waals surface area contributed by atoms with E-state index in [4.69, 9.17) is 13.5 Å². The van der Waals surface area contributed by atoms with Gasteiger partial charge in [-0.15, -0.1) is 53.6 Å². The summed E-state index contributed by atoms with van der Waals surface area (Å²) in [4.78, 5) is 9.62. The first kappa shape index (κ1) is 33.2. The first-order valence-electron chi connectivity index (χ1n) is 19.1. The van der Waals surface area contributed by atoms with Gasteiger partial charge in [0.05, 0.1) is 30.5 Å². The van der Waals surface area contributed by atoms with Crippen molar-refractivity contribution in [2.24, 2.45) is 0 Å². The fraction of sp³-hybridized carbons (Fsp3) is 0.217. The molecule has 3 heterocycles. The summed E-state index contributed by atoms with van der Waals surface area (Å²) in [5.74, 6) is 1.60. The van der Waals surface area contributed by atoms with Crippen LogP contribution in [0.15, 0.2) is 120 Å². The molecule has 0 aliphatic carbocycles. The summed E-state index contributed by atoms with van der Waals surface area (Å²) in [5, 5.41) is 3.51. The third-order valence-electron chi connectivity index (χ3n) is 9.41. The molecule has 0 atom stereocenters. The van der Waals surface area contributed by atoms with Gasteiger partial charge in [-0.05, 0) is 52.0 Å². The summed E-state index contributed by atoms with van der Waals surface area (Å²) < 4.78 is 30.8. The van der Waals surface area contributed by atoms with Crippen molar-refractivity contribution in [3.8, 4) is 28.3 Å². The van der Waals surface area contributed by atoms with E-state index in [0.29, 0.717) is 17.4 Å². The van der Waals surface area contributed by atoms with Crippen molar-refractivity contribution in [2.45, 2.75) is 66.0 Å². The number of nitrogens with zero attached hydrogens (tertiary/aromatic N) is 3. The average Bonchev–Trinajstić information content (AvgIpc) is 3.73. The Kier molecular flexibility index (Phi) is 9.69. The number of hydrogen-bond donors (Lipinski definition) is 0. The molecule has 6 heteroatoms. The zero-order valence-corrected chi connectivity index (χ0v) is 34.1. The fourth-order valence-corrected chi connectivity index (χ4v) is 7.66. The van der Waals surface area contributed by atoms with Gasteiger partial charge in [0.25, 0.3) is 0 Å². The van der Waals surface area contributed by atoms with Crippen molar-refractivity contribution in [2.75, 3.05) is 0 Å². The number of hydrogen-bond acceptors (Lipinski definition) is 3. The summed E-state index contributed by atoms with van der Waals surface area (Å²) in [6.45, 7) is 13.8. The Morgan fingerprint density at radius 1 is 0.769 bits per heavy atom. The maximum absolute atomic E-state index is 7.35. The van der Waals surface area contributed by atoms with Crippen molar-refractivity contribution < 1.29 is 28.6 Å². The Hall–Kier alpha value is -4.61. The number of pyridine rings is 1. The molecular weight excluding hydrogens is 831 g/mol. The molecule has 0 N–H and O–H groups in total. The smallest absolute Gasteiger partial charge is 0.120 e. The zero-order chi connectivity index (χ0) is 38.4. The van der Waals surface area contributed by atoms with Gasteiger partial charge in [0.1, 0.15) is 5.58 Å². The van der Waals surface area contributed by atoms with Gasteiger partial charge in [-0.2, -0.15) is 0 Å². The van der Waals surface area contributed by atoms with Crippen LogP contribution in [0, 0.1) is 19.0 Å². The second kappa shape index (κ2) is 15.2. The largest absolute Gasteiger partial charge is 0.501 e. The monoisotopic (exact) mass is 879 g/mol. The minimum atomic E-state index is -2.08. The Balaban J connectivity index is 0.000000211. The maximum Gasteiger partial charge on any atom is 0.120 e. The number of furan rings is 1. The van der Waals surface area contributed by atoms with Crippen molar-refractivity contribution >= 4 is 46.2 Å². The molecule has 0 bridgehead atoms. The van der Waals surface area contributed by atoms with E-state index in [1.165, 1.54) is 28.1 Å². The quantitative estimate of drug-likeness (QED) is 0.123. The predicted octanol–water partition coefficient (Wildman–Crippen LogP) is 12.0. The van der Waals surface area contributed by atoms with Crippen LogP contribution in [0.25, 0.3) is 61.3 Å². The van der Waals surface area contributed by atoms with E-state index in [0.717, 1.165) is 55.6 Å². The molecule has 8 rings (SSSR count). The van der Waals surface area contributed by atoms with Gasteiger partial charge in [-0.3, -0.25) is 4.98 Å². The first-order chi connectivity index (χ1) is 25.7. The van der Waals surface area contributed by atoms with Crippen LogP contribution in [0.3, 0.4) is 0 Å². The number of aromatic nitrogens is 3. The van der Waals surface area contributed by atoms with Crippen LogP contribution in [0.1, 0.15) is 60.3 Å². The molecule has 0 spiro atoms. The average molecular weight is 879 g/mol. The Bertz CT molecular complexity index is 2500. The van der Waals surface area contributed by atoms with Crippen LogP contribution in [0.5, 0.6) is 0 Å². The molecule has 0 fully saturated rings. The summed E-state index contributed by atoms with van der Waals surface area (Å²) in [7, 11) is -1.34. The Morgan fingerprint density at radius 3 is 2.15 bits per heavy atom. The topological polar surface area (TPSA) is 43.9 Å². The van der Waals surface area contributed by atoms with Crippen LogP contribution in [-0.4, -0.2) is 22.6 Å². The molecule has 0 aliphatic heterocycles. The van der Waals surface area contributed by atoms with Crippen molar-refractivity contribution in [3.63, 3.8) is 0 Å². The molecule has 0 unspecified atom stereocenters. The normalized spacial score (nSPS) is 12.8. The number of aryl methyl sites for hydroxylation is 1. The Labute approximate surface area is 326 Å². The third kappa shape index (κ3) is 7.21. The van der Waals surface area contributed by atoms with Gasteiger partial charge in [-0.1, -0.05) is 126 Å². The minimum absolute atomic E-state index is 0. The van der Waals surface area contributed by atoms with Gasteiger partial charge >= 0.3 is 0 Å². The summed E-state index contributed by atoms with van der Waals surface area (Å²) in [6, 6.07) is 42.8. The molecule has 0 aliphatic rings. The van der Waals surface area contributed by atoms with Gasteiger partial charge in [0.2, 0.25) is 0 Å². The number of imidazole rings is 1. The van der Waals surface area contributed by atoms with E-state index in [2.05, 4.69) is 130 Å². The van der Waals surface area contributed by atoms with E-state index in [-0.39, 0.29) is 20.1 Å². The van der Waals surface area contributed by atoms with E-state index in [1.807, 2.05) is 36.5 Å². The molecule has 265 valence electrons. The molecule has 3 aromatic heterocycles. The molecule has 8 aromatic rings. The number of para-hydroxylation sites is 4. The van der Waals surface area contributed by atoms with Crippen molar-refractivity contribution in [3.05, 3.63) is 144 Å². The van der Waals surface area contributed by atoms with Gasteiger partial charge in [0, 0.05) is 41.5 Å². The standard InChI is InChI=1S/C31H27N2O.C15H18NSi.Ir/c1-19(2)21-12-9-13-22(20(3)4)29(21)33-27-17-7-6-16-26(27)32-31(33)25-15-10-14-24-23-11-5-8-18-28(23)34-30(24)25;1-12-5-7-13(8-6-12)15-10-9-14(11-16-15)17(2,3)4;/h5-14,16-20H,1-4H3;5-7,9-11H,1-4H3;/q2*-1;/i;1D3;. The van der Waals surface area contributed by atoms with E-state index < -0.39 is 14.9 Å². The summed E-state index contributed by atoms with van der Waals surface area (Å²) >= 11 is 0. The van der Waals surface area contributed by atoms with Crippen LogP contribution in [0.4, 0.5) is 0 Å².